The Morgan fingerprint density at radius 3 is 2.70 bits per heavy atom. The number of piperidine rings is 1. The lowest BCUT2D eigenvalue weighted by Crippen LogP contribution is -2.41. The van der Waals surface area contributed by atoms with E-state index in [1.54, 1.807) is 6.20 Å². The number of nitrogens with one attached hydrogen (secondary N) is 1. The van der Waals surface area contributed by atoms with E-state index in [2.05, 4.69) is 15.3 Å². The normalized spacial score (nSPS) is 22.3. The minimum atomic E-state index is -0.244. The largest absolute Gasteiger partial charge is 0.393 e. The highest BCUT2D eigenvalue weighted by Gasteiger charge is 2.24. The average Bonchev–Trinajstić information content (AvgIpc) is 3.18. The van der Waals surface area contributed by atoms with Crippen molar-refractivity contribution in [2.75, 3.05) is 25.0 Å². The standard InChI is InChI=1S/C17H28N4O2/c1-13(22)14-7-10-20(11-8-14)12-17(23)19-16-6-9-18-21(16)15-4-2-3-5-15/h6,9,13-15,22H,2-5,7-8,10-12H2,1H3,(H,19,23). The quantitative estimate of drug-likeness (QED) is 0.871. The van der Waals surface area contributed by atoms with Gasteiger partial charge in [0.1, 0.15) is 5.82 Å². The molecule has 23 heavy (non-hydrogen) atoms. The summed E-state index contributed by atoms with van der Waals surface area (Å²) in [7, 11) is 0. The smallest absolute Gasteiger partial charge is 0.239 e. The number of hydrogen-bond donors (Lipinski definition) is 2. The lowest BCUT2D eigenvalue weighted by atomic mass is 9.92. The van der Waals surface area contributed by atoms with Crippen molar-refractivity contribution in [2.24, 2.45) is 5.92 Å². The third-order valence-electron chi connectivity index (χ3n) is 5.29. The van der Waals surface area contributed by atoms with Gasteiger partial charge in [-0.1, -0.05) is 12.8 Å². The predicted molar refractivity (Wildman–Crippen MR) is 89.2 cm³/mol. The molecule has 1 amide bonds. The second kappa shape index (κ2) is 7.45. The fourth-order valence-corrected chi connectivity index (χ4v) is 3.83. The maximum atomic E-state index is 12.3. The Hall–Kier alpha value is -1.40. The maximum Gasteiger partial charge on any atom is 0.239 e. The lowest BCUT2D eigenvalue weighted by molar-refractivity contribution is -0.117. The Morgan fingerprint density at radius 1 is 1.35 bits per heavy atom. The van der Waals surface area contributed by atoms with Gasteiger partial charge in [-0.25, -0.2) is 4.68 Å². The van der Waals surface area contributed by atoms with Crippen LogP contribution in [-0.2, 0) is 4.79 Å². The summed E-state index contributed by atoms with van der Waals surface area (Å²) in [6.45, 7) is 4.04. The van der Waals surface area contributed by atoms with Crippen molar-refractivity contribution in [1.29, 1.82) is 0 Å². The SMILES string of the molecule is CC(O)C1CCN(CC(=O)Nc2ccnn2C2CCCC2)CC1. The summed E-state index contributed by atoms with van der Waals surface area (Å²) in [6, 6.07) is 2.32. The third-order valence-corrected chi connectivity index (χ3v) is 5.29. The zero-order valence-electron chi connectivity index (χ0n) is 13.9. The van der Waals surface area contributed by atoms with E-state index in [1.165, 1.54) is 12.8 Å². The molecule has 1 saturated carbocycles. The number of aliphatic hydroxyl groups excluding tert-OH is 1. The molecule has 0 spiro atoms. The molecule has 1 aromatic heterocycles. The number of aliphatic hydroxyl groups is 1. The van der Waals surface area contributed by atoms with Crippen LogP contribution >= 0.6 is 0 Å². The molecule has 2 N–H and O–H groups in total. The Balaban J connectivity index is 1.49. The summed E-state index contributed by atoms with van der Waals surface area (Å²) in [4.78, 5) is 14.5. The van der Waals surface area contributed by atoms with E-state index in [-0.39, 0.29) is 12.0 Å². The first-order valence-corrected chi connectivity index (χ1v) is 8.87. The van der Waals surface area contributed by atoms with Gasteiger partial charge in [0.05, 0.1) is 24.9 Å². The van der Waals surface area contributed by atoms with E-state index in [9.17, 15) is 9.90 Å². The van der Waals surface area contributed by atoms with Gasteiger partial charge in [-0.15, -0.1) is 0 Å². The first kappa shape index (κ1) is 16.5. The third kappa shape index (κ3) is 4.12. The maximum absolute atomic E-state index is 12.3. The van der Waals surface area contributed by atoms with Crippen LogP contribution < -0.4 is 5.32 Å². The van der Waals surface area contributed by atoms with Crippen molar-refractivity contribution in [2.45, 2.75) is 57.6 Å². The van der Waals surface area contributed by atoms with Gasteiger partial charge in [0.2, 0.25) is 5.91 Å². The zero-order valence-corrected chi connectivity index (χ0v) is 13.9. The van der Waals surface area contributed by atoms with Crippen molar-refractivity contribution < 1.29 is 9.90 Å². The molecule has 2 heterocycles. The number of nitrogens with zero attached hydrogens (tertiary/aromatic N) is 3. The molecular formula is C17H28N4O2. The molecule has 1 aromatic rings. The molecule has 1 unspecified atom stereocenters. The highest BCUT2D eigenvalue weighted by atomic mass is 16.3. The molecule has 0 bridgehead atoms. The summed E-state index contributed by atoms with van der Waals surface area (Å²) < 4.78 is 1.98. The molecule has 6 nitrogen and oxygen atoms in total. The van der Waals surface area contributed by atoms with Crippen LogP contribution in [0.25, 0.3) is 0 Å². The van der Waals surface area contributed by atoms with Crippen molar-refractivity contribution in [3.63, 3.8) is 0 Å². The van der Waals surface area contributed by atoms with E-state index in [1.807, 2.05) is 17.7 Å². The number of carbonyl (C=O) groups excluding carboxylic acids is 1. The van der Waals surface area contributed by atoms with Crippen LogP contribution in [-0.4, -0.2) is 51.4 Å². The number of anilines is 1. The molecule has 1 atom stereocenters. The number of hydrogen-bond acceptors (Lipinski definition) is 4. The lowest BCUT2D eigenvalue weighted by Gasteiger charge is -2.32. The fraction of sp³-hybridized carbons (Fsp3) is 0.765. The van der Waals surface area contributed by atoms with Crippen molar-refractivity contribution in [3.05, 3.63) is 12.3 Å². The first-order chi connectivity index (χ1) is 11.1. The van der Waals surface area contributed by atoms with Gasteiger partial charge in [-0.05, 0) is 51.6 Å². The van der Waals surface area contributed by atoms with Gasteiger partial charge in [-0.3, -0.25) is 9.69 Å². The minimum Gasteiger partial charge on any atom is -0.393 e. The van der Waals surface area contributed by atoms with Crippen LogP contribution in [0.5, 0.6) is 0 Å². The summed E-state index contributed by atoms with van der Waals surface area (Å²) >= 11 is 0. The molecule has 2 fully saturated rings. The number of carbonyl (C=O) groups is 1. The van der Waals surface area contributed by atoms with E-state index in [4.69, 9.17) is 0 Å². The second-order valence-corrected chi connectivity index (χ2v) is 7.00. The van der Waals surface area contributed by atoms with E-state index in [0.717, 1.165) is 44.6 Å². The molecule has 128 valence electrons. The van der Waals surface area contributed by atoms with Crippen LogP contribution in [0.3, 0.4) is 0 Å². The minimum absolute atomic E-state index is 0.0280. The molecule has 1 aliphatic carbocycles. The van der Waals surface area contributed by atoms with Gasteiger partial charge in [0.15, 0.2) is 0 Å². The summed E-state index contributed by atoms with van der Waals surface area (Å²) in [5, 5.41) is 17.1. The Bertz CT molecular complexity index is 514. The van der Waals surface area contributed by atoms with Crippen LogP contribution in [0.15, 0.2) is 12.3 Å². The zero-order chi connectivity index (χ0) is 16.2. The van der Waals surface area contributed by atoms with Crippen LogP contribution in [0.1, 0.15) is 51.5 Å². The first-order valence-electron chi connectivity index (χ1n) is 8.87. The molecular weight excluding hydrogens is 292 g/mol. The molecule has 1 aliphatic heterocycles. The highest BCUT2D eigenvalue weighted by molar-refractivity contribution is 5.91. The summed E-state index contributed by atoms with van der Waals surface area (Å²) in [6.07, 6.45) is 8.24. The van der Waals surface area contributed by atoms with Crippen LogP contribution in [0.2, 0.25) is 0 Å². The second-order valence-electron chi connectivity index (χ2n) is 7.00. The predicted octanol–water partition coefficient (Wildman–Crippen LogP) is 2.03. The van der Waals surface area contributed by atoms with Gasteiger partial charge in [-0.2, -0.15) is 5.10 Å². The Labute approximate surface area is 137 Å². The Morgan fingerprint density at radius 2 is 2.04 bits per heavy atom. The van der Waals surface area contributed by atoms with Crippen molar-refractivity contribution in [3.8, 4) is 0 Å². The molecule has 3 rings (SSSR count). The molecule has 0 radical (unpaired) electrons. The monoisotopic (exact) mass is 320 g/mol. The van der Waals surface area contributed by atoms with Crippen molar-refractivity contribution in [1.82, 2.24) is 14.7 Å². The summed E-state index contributed by atoms with van der Waals surface area (Å²) in [5.41, 5.74) is 0. The molecule has 0 aromatic carbocycles. The van der Waals surface area contributed by atoms with Gasteiger partial charge >= 0.3 is 0 Å². The fourth-order valence-electron chi connectivity index (χ4n) is 3.83. The number of rotatable bonds is 5. The van der Waals surface area contributed by atoms with Gasteiger partial charge < -0.3 is 10.4 Å². The number of amides is 1. The van der Waals surface area contributed by atoms with Crippen molar-refractivity contribution >= 4 is 11.7 Å². The van der Waals surface area contributed by atoms with Gasteiger partial charge in [0, 0.05) is 6.07 Å². The highest BCUT2D eigenvalue weighted by Crippen LogP contribution is 2.31. The topological polar surface area (TPSA) is 70.4 Å². The van der Waals surface area contributed by atoms with Crippen LogP contribution in [0, 0.1) is 5.92 Å². The Kier molecular flexibility index (Phi) is 5.33. The molecule has 1 saturated heterocycles. The molecule has 6 heteroatoms. The molecule has 2 aliphatic rings. The average molecular weight is 320 g/mol. The van der Waals surface area contributed by atoms with E-state index < -0.39 is 0 Å². The number of aromatic nitrogens is 2. The van der Waals surface area contributed by atoms with E-state index in [0.29, 0.717) is 18.5 Å². The van der Waals surface area contributed by atoms with Crippen LogP contribution in [0.4, 0.5) is 5.82 Å². The van der Waals surface area contributed by atoms with Gasteiger partial charge in [0.25, 0.3) is 0 Å². The van der Waals surface area contributed by atoms with E-state index >= 15 is 0 Å². The number of likely N-dealkylation sites (tertiary alicyclic amines) is 1. The summed E-state index contributed by atoms with van der Waals surface area (Å²) in [5.74, 6) is 1.22.